The van der Waals surface area contributed by atoms with E-state index in [1.165, 1.54) is 15.7 Å². The zero-order valence-corrected chi connectivity index (χ0v) is 14.6. The van der Waals surface area contributed by atoms with Crippen molar-refractivity contribution in [1.82, 2.24) is 18.8 Å². The number of aromatic nitrogens is 2. The van der Waals surface area contributed by atoms with Gasteiger partial charge in [0.05, 0.1) is 12.0 Å². The van der Waals surface area contributed by atoms with Gasteiger partial charge in [-0.15, -0.1) is 0 Å². The summed E-state index contributed by atoms with van der Waals surface area (Å²) in [6.07, 6.45) is 2.36. The molecule has 128 valence electrons. The Bertz CT molecular complexity index is 666. The maximum atomic E-state index is 12.6. The fraction of sp³-hybridized carbons (Fsp3) is 0.786. The van der Waals surface area contributed by atoms with E-state index in [1.807, 2.05) is 0 Å². The fourth-order valence-electron chi connectivity index (χ4n) is 2.80. The van der Waals surface area contributed by atoms with Gasteiger partial charge in [-0.05, 0) is 25.7 Å². The summed E-state index contributed by atoms with van der Waals surface area (Å²) in [5.41, 5.74) is 0. The molecule has 1 fully saturated rings. The molecule has 8 nitrogen and oxygen atoms in total. The van der Waals surface area contributed by atoms with E-state index in [2.05, 4.69) is 16.2 Å². The molecule has 2 unspecified atom stereocenters. The zero-order chi connectivity index (χ0) is 17.0. The first-order valence-electron chi connectivity index (χ1n) is 7.73. The van der Waals surface area contributed by atoms with Crippen LogP contribution in [0.2, 0.25) is 0 Å². The number of piperidine rings is 1. The Morgan fingerprint density at radius 1 is 1.57 bits per heavy atom. The van der Waals surface area contributed by atoms with Crippen molar-refractivity contribution in [3.8, 4) is 6.07 Å². The van der Waals surface area contributed by atoms with Crippen molar-refractivity contribution in [2.75, 3.05) is 26.7 Å². The van der Waals surface area contributed by atoms with Crippen LogP contribution >= 0.6 is 0 Å². The molecule has 0 aliphatic carbocycles. The van der Waals surface area contributed by atoms with Crippen LogP contribution in [0.3, 0.4) is 0 Å². The standard InChI is InChI=1S/C14H23N5O3S/c1-11(8-15)9-18(3)23(20,21)19-6-4-5-13(10-19)7-14-16-12(2)22-17-14/h11,13H,4-7,9-10H2,1-3H3. The molecule has 1 aliphatic rings. The normalized spacial score (nSPS) is 21.3. The van der Waals surface area contributed by atoms with Gasteiger partial charge in [-0.25, -0.2) is 0 Å². The Kier molecular flexibility index (Phi) is 5.73. The summed E-state index contributed by atoms with van der Waals surface area (Å²) >= 11 is 0. The fourth-order valence-corrected chi connectivity index (χ4v) is 4.37. The van der Waals surface area contributed by atoms with Gasteiger partial charge in [-0.1, -0.05) is 5.16 Å². The smallest absolute Gasteiger partial charge is 0.281 e. The maximum Gasteiger partial charge on any atom is 0.281 e. The Morgan fingerprint density at radius 3 is 2.91 bits per heavy atom. The van der Waals surface area contributed by atoms with E-state index in [0.717, 1.165) is 12.8 Å². The maximum absolute atomic E-state index is 12.6. The SMILES string of the molecule is Cc1nc(CC2CCCN(S(=O)(=O)N(C)CC(C)C#N)C2)no1. The van der Waals surface area contributed by atoms with E-state index in [1.54, 1.807) is 13.8 Å². The minimum atomic E-state index is -3.54. The van der Waals surface area contributed by atoms with Crippen LogP contribution in [-0.4, -0.2) is 53.9 Å². The number of aryl methyl sites for hydroxylation is 1. The molecule has 0 amide bonds. The lowest BCUT2D eigenvalue weighted by atomic mass is 9.96. The minimum Gasteiger partial charge on any atom is -0.340 e. The molecule has 0 radical (unpaired) electrons. The Hall–Kier alpha value is -1.50. The highest BCUT2D eigenvalue weighted by molar-refractivity contribution is 7.86. The number of rotatable bonds is 6. The Balaban J connectivity index is 2.00. The highest BCUT2D eigenvalue weighted by Crippen LogP contribution is 2.23. The summed E-state index contributed by atoms with van der Waals surface area (Å²) in [7, 11) is -2.01. The molecular formula is C14H23N5O3S. The van der Waals surface area contributed by atoms with Crippen LogP contribution in [0, 0.1) is 30.1 Å². The second-order valence-corrected chi connectivity index (χ2v) is 8.15. The molecule has 1 saturated heterocycles. The van der Waals surface area contributed by atoms with Gasteiger partial charge in [0, 0.05) is 40.0 Å². The van der Waals surface area contributed by atoms with Crippen molar-refractivity contribution in [3.05, 3.63) is 11.7 Å². The van der Waals surface area contributed by atoms with Crippen LogP contribution in [-0.2, 0) is 16.6 Å². The minimum absolute atomic E-state index is 0.178. The van der Waals surface area contributed by atoms with E-state index < -0.39 is 10.2 Å². The third-order valence-corrected chi connectivity index (χ3v) is 5.92. The molecule has 0 aromatic carbocycles. The lowest BCUT2D eigenvalue weighted by Gasteiger charge is -2.34. The third kappa shape index (κ3) is 4.50. The molecule has 0 saturated carbocycles. The second kappa shape index (κ2) is 7.38. The quantitative estimate of drug-likeness (QED) is 0.764. The van der Waals surface area contributed by atoms with Crippen molar-refractivity contribution >= 4 is 10.2 Å². The van der Waals surface area contributed by atoms with E-state index >= 15 is 0 Å². The molecule has 1 aromatic heterocycles. The Morgan fingerprint density at radius 2 is 2.30 bits per heavy atom. The van der Waals surface area contributed by atoms with Gasteiger partial charge in [-0.3, -0.25) is 0 Å². The Labute approximate surface area is 137 Å². The van der Waals surface area contributed by atoms with Crippen LogP contribution in [0.15, 0.2) is 4.52 Å². The predicted molar refractivity (Wildman–Crippen MR) is 83.4 cm³/mol. The summed E-state index contributed by atoms with van der Waals surface area (Å²) in [5, 5.41) is 12.7. The van der Waals surface area contributed by atoms with Crippen LogP contribution in [0.1, 0.15) is 31.5 Å². The number of hydrogen-bond donors (Lipinski definition) is 0. The third-order valence-electron chi connectivity index (χ3n) is 3.99. The molecule has 1 aromatic rings. The first kappa shape index (κ1) is 17.8. The molecule has 1 aliphatic heterocycles. The molecule has 2 rings (SSSR count). The molecule has 9 heteroatoms. The van der Waals surface area contributed by atoms with E-state index in [0.29, 0.717) is 31.2 Å². The van der Waals surface area contributed by atoms with Crippen molar-refractivity contribution < 1.29 is 12.9 Å². The highest BCUT2D eigenvalue weighted by atomic mass is 32.2. The molecule has 0 spiro atoms. The molecule has 0 bridgehead atoms. The van der Waals surface area contributed by atoms with Crippen molar-refractivity contribution in [3.63, 3.8) is 0 Å². The summed E-state index contributed by atoms with van der Waals surface area (Å²) < 4.78 is 33.0. The molecule has 0 N–H and O–H groups in total. The van der Waals surface area contributed by atoms with Gasteiger partial charge in [0.2, 0.25) is 5.89 Å². The van der Waals surface area contributed by atoms with Crippen LogP contribution in [0.4, 0.5) is 0 Å². The van der Waals surface area contributed by atoms with Gasteiger partial charge in [0.1, 0.15) is 0 Å². The predicted octanol–water partition coefficient (Wildman–Crippen LogP) is 0.969. The second-order valence-electron chi connectivity index (χ2n) is 6.12. The monoisotopic (exact) mass is 341 g/mol. The van der Waals surface area contributed by atoms with Gasteiger partial charge in [0.25, 0.3) is 10.2 Å². The summed E-state index contributed by atoms with van der Waals surface area (Å²) in [6, 6.07) is 2.06. The molecular weight excluding hydrogens is 318 g/mol. The molecule has 2 atom stereocenters. The van der Waals surface area contributed by atoms with Crippen molar-refractivity contribution in [2.45, 2.75) is 33.1 Å². The first-order chi connectivity index (χ1) is 10.8. The van der Waals surface area contributed by atoms with Crippen molar-refractivity contribution in [2.24, 2.45) is 11.8 Å². The molecule has 2 heterocycles. The summed E-state index contributed by atoms with van der Waals surface area (Å²) in [4.78, 5) is 4.19. The summed E-state index contributed by atoms with van der Waals surface area (Å²) in [5.74, 6) is 0.985. The highest BCUT2D eigenvalue weighted by Gasteiger charge is 2.32. The lowest BCUT2D eigenvalue weighted by molar-refractivity contribution is 0.245. The van der Waals surface area contributed by atoms with E-state index in [9.17, 15) is 8.42 Å². The zero-order valence-electron chi connectivity index (χ0n) is 13.8. The van der Waals surface area contributed by atoms with Crippen LogP contribution in [0.5, 0.6) is 0 Å². The average molecular weight is 341 g/mol. The molecule has 23 heavy (non-hydrogen) atoms. The lowest BCUT2D eigenvalue weighted by Crippen LogP contribution is -2.47. The first-order valence-corrected chi connectivity index (χ1v) is 9.13. The number of nitrogens with zero attached hydrogens (tertiary/aromatic N) is 5. The summed E-state index contributed by atoms with van der Waals surface area (Å²) in [6.45, 7) is 4.60. The van der Waals surface area contributed by atoms with Gasteiger partial charge >= 0.3 is 0 Å². The van der Waals surface area contributed by atoms with Gasteiger partial charge in [0.15, 0.2) is 5.82 Å². The number of hydrogen-bond acceptors (Lipinski definition) is 6. The van der Waals surface area contributed by atoms with Crippen LogP contribution in [0.25, 0.3) is 0 Å². The van der Waals surface area contributed by atoms with Crippen LogP contribution < -0.4 is 0 Å². The largest absolute Gasteiger partial charge is 0.340 e. The van der Waals surface area contributed by atoms with E-state index in [-0.39, 0.29) is 18.4 Å². The van der Waals surface area contributed by atoms with Gasteiger partial charge in [-0.2, -0.15) is 27.3 Å². The topological polar surface area (TPSA) is 103 Å². The average Bonchev–Trinajstić information content (AvgIpc) is 2.92. The van der Waals surface area contributed by atoms with E-state index in [4.69, 9.17) is 9.78 Å². The van der Waals surface area contributed by atoms with Crippen molar-refractivity contribution in [1.29, 1.82) is 5.26 Å². The van der Waals surface area contributed by atoms with Gasteiger partial charge < -0.3 is 4.52 Å². The number of nitriles is 1.